The summed E-state index contributed by atoms with van der Waals surface area (Å²) >= 11 is 3.43. The zero-order valence-corrected chi connectivity index (χ0v) is 19.1. The molecule has 4 aromatic rings. The molecule has 0 saturated heterocycles. The van der Waals surface area contributed by atoms with Crippen molar-refractivity contribution in [3.05, 3.63) is 75.7 Å². The van der Waals surface area contributed by atoms with Crippen molar-refractivity contribution in [3.63, 3.8) is 0 Å². The van der Waals surface area contributed by atoms with Crippen molar-refractivity contribution in [1.82, 2.24) is 10.2 Å². The maximum atomic E-state index is 12.2. The van der Waals surface area contributed by atoms with E-state index in [0.29, 0.717) is 11.1 Å². The van der Waals surface area contributed by atoms with Gasteiger partial charge in [0.25, 0.3) is 11.1 Å². The summed E-state index contributed by atoms with van der Waals surface area (Å²) in [6.45, 7) is 2.13. The van der Waals surface area contributed by atoms with Crippen molar-refractivity contribution in [3.8, 4) is 5.75 Å². The lowest BCUT2D eigenvalue weighted by Gasteiger charge is -2.07. The number of benzene rings is 3. The lowest BCUT2D eigenvalue weighted by molar-refractivity contribution is -0.113. The molecule has 0 fully saturated rings. The Hall–Kier alpha value is -2.59. The molecule has 0 spiro atoms. The highest BCUT2D eigenvalue weighted by Crippen LogP contribution is 2.23. The van der Waals surface area contributed by atoms with Crippen LogP contribution >= 0.6 is 34.4 Å². The van der Waals surface area contributed by atoms with Crippen LogP contribution in [0.2, 0.25) is 0 Å². The van der Waals surface area contributed by atoms with Gasteiger partial charge in [0, 0.05) is 9.26 Å². The fourth-order valence-electron chi connectivity index (χ4n) is 2.84. The van der Waals surface area contributed by atoms with Crippen molar-refractivity contribution in [2.75, 3.05) is 11.1 Å². The first-order valence-electron chi connectivity index (χ1n) is 9.19. The molecular weight excluding hydrogens is 513 g/mol. The summed E-state index contributed by atoms with van der Waals surface area (Å²) in [5.41, 5.74) is 1.82. The molecule has 152 valence electrons. The highest BCUT2D eigenvalue weighted by Gasteiger charge is 2.11. The van der Waals surface area contributed by atoms with E-state index in [-0.39, 0.29) is 18.3 Å². The topological polar surface area (TPSA) is 77.2 Å². The van der Waals surface area contributed by atoms with E-state index in [1.165, 1.54) is 11.8 Å². The van der Waals surface area contributed by atoms with Crippen molar-refractivity contribution in [1.29, 1.82) is 0 Å². The van der Waals surface area contributed by atoms with Crippen LogP contribution in [0.3, 0.4) is 0 Å². The molecule has 3 aromatic carbocycles. The summed E-state index contributed by atoms with van der Waals surface area (Å²) in [4.78, 5) is 12.2. The molecule has 0 aliphatic carbocycles. The molecule has 0 bridgehead atoms. The van der Waals surface area contributed by atoms with Gasteiger partial charge in [-0.3, -0.25) is 4.79 Å². The lowest BCUT2D eigenvalue weighted by Crippen LogP contribution is -2.14. The summed E-state index contributed by atoms with van der Waals surface area (Å²) in [7, 11) is 0. The average Bonchev–Trinajstić information content (AvgIpc) is 3.20. The van der Waals surface area contributed by atoms with Gasteiger partial charge in [-0.1, -0.05) is 42.1 Å². The van der Waals surface area contributed by atoms with Gasteiger partial charge in [0.15, 0.2) is 6.61 Å². The zero-order valence-electron chi connectivity index (χ0n) is 16.1. The minimum absolute atomic E-state index is 0.128. The maximum absolute atomic E-state index is 12.2. The molecule has 0 aliphatic heterocycles. The van der Waals surface area contributed by atoms with Gasteiger partial charge in [-0.15, -0.1) is 10.2 Å². The third-order valence-electron chi connectivity index (χ3n) is 4.32. The van der Waals surface area contributed by atoms with Crippen LogP contribution in [0.25, 0.3) is 10.8 Å². The van der Waals surface area contributed by atoms with Crippen LogP contribution in [0, 0.1) is 10.5 Å². The second-order valence-electron chi connectivity index (χ2n) is 6.56. The number of carbonyl (C=O) groups excluding carboxylic acids is 1. The predicted molar refractivity (Wildman–Crippen MR) is 126 cm³/mol. The monoisotopic (exact) mass is 531 g/mol. The largest absolute Gasteiger partial charge is 0.484 e. The standard InChI is InChI=1S/C22H18IN3O3S/c1-14-10-17(23)7-9-19(14)24-20(27)13-30-22-26-25-21(29-22)12-28-18-8-6-15-4-2-3-5-16(15)11-18/h2-11H,12-13H2,1H3,(H,24,27). The number of anilines is 1. The molecule has 4 rings (SSSR count). The average molecular weight is 531 g/mol. The number of halogens is 1. The molecule has 30 heavy (non-hydrogen) atoms. The van der Waals surface area contributed by atoms with Gasteiger partial charge >= 0.3 is 0 Å². The van der Waals surface area contributed by atoms with Crippen LogP contribution in [0.5, 0.6) is 5.75 Å². The minimum atomic E-state index is -0.128. The number of nitrogens with one attached hydrogen (secondary N) is 1. The van der Waals surface area contributed by atoms with Crippen molar-refractivity contribution in [2.45, 2.75) is 18.8 Å². The Bertz CT molecular complexity index is 1200. The summed E-state index contributed by atoms with van der Waals surface area (Å²) in [5, 5.41) is 13.4. The number of hydrogen-bond acceptors (Lipinski definition) is 6. The van der Waals surface area contributed by atoms with Crippen molar-refractivity contribution >= 4 is 56.7 Å². The molecule has 1 N–H and O–H groups in total. The number of nitrogens with zero attached hydrogens (tertiary/aromatic N) is 2. The van der Waals surface area contributed by atoms with E-state index in [0.717, 1.165) is 31.3 Å². The lowest BCUT2D eigenvalue weighted by atomic mass is 10.1. The molecule has 1 aromatic heterocycles. The molecule has 0 atom stereocenters. The van der Waals surface area contributed by atoms with Crippen LogP contribution in [-0.4, -0.2) is 21.9 Å². The Morgan fingerprint density at radius 2 is 1.93 bits per heavy atom. The van der Waals surface area contributed by atoms with Crippen LogP contribution < -0.4 is 10.1 Å². The number of aryl methyl sites for hydroxylation is 1. The Balaban J connectivity index is 1.28. The molecule has 6 nitrogen and oxygen atoms in total. The third-order valence-corrected chi connectivity index (χ3v) is 5.81. The first kappa shape index (κ1) is 20.7. The number of rotatable bonds is 7. The summed E-state index contributed by atoms with van der Waals surface area (Å²) in [6.07, 6.45) is 0. The first-order valence-corrected chi connectivity index (χ1v) is 11.3. The predicted octanol–water partition coefficient (Wildman–Crippen LogP) is 5.45. The molecule has 1 amide bonds. The van der Waals surface area contributed by atoms with E-state index in [1.807, 2.05) is 61.5 Å². The van der Waals surface area contributed by atoms with Crippen molar-refractivity contribution in [2.24, 2.45) is 0 Å². The Morgan fingerprint density at radius 1 is 1.10 bits per heavy atom. The van der Waals surface area contributed by atoms with Gasteiger partial charge in [-0.25, -0.2) is 0 Å². The van der Waals surface area contributed by atoms with Gasteiger partial charge in [0.05, 0.1) is 5.75 Å². The first-order chi connectivity index (χ1) is 14.6. The van der Waals surface area contributed by atoms with E-state index in [4.69, 9.17) is 9.15 Å². The Labute approximate surface area is 191 Å². The smallest absolute Gasteiger partial charge is 0.277 e. The van der Waals surface area contributed by atoms with E-state index < -0.39 is 0 Å². The highest BCUT2D eigenvalue weighted by molar-refractivity contribution is 14.1. The number of fused-ring (bicyclic) bond motifs is 1. The molecule has 8 heteroatoms. The number of ether oxygens (including phenoxy) is 1. The van der Waals surface area contributed by atoms with Crippen LogP contribution in [-0.2, 0) is 11.4 Å². The fourth-order valence-corrected chi connectivity index (χ4v) is 4.07. The second-order valence-corrected chi connectivity index (χ2v) is 8.73. The number of amides is 1. The van der Waals surface area contributed by atoms with Gasteiger partial charge in [-0.2, -0.15) is 0 Å². The van der Waals surface area contributed by atoms with E-state index in [1.54, 1.807) is 0 Å². The number of aromatic nitrogens is 2. The molecule has 0 saturated carbocycles. The van der Waals surface area contributed by atoms with E-state index in [9.17, 15) is 4.79 Å². The number of carbonyl (C=O) groups is 1. The maximum Gasteiger partial charge on any atom is 0.277 e. The SMILES string of the molecule is Cc1cc(I)ccc1NC(=O)CSc1nnc(COc2ccc3ccccc3c2)o1. The molecular formula is C22H18IN3O3S. The van der Waals surface area contributed by atoms with E-state index in [2.05, 4.69) is 44.2 Å². The zero-order chi connectivity index (χ0) is 20.9. The molecule has 0 unspecified atom stereocenters. The van der Waals surface area contributed by atoms with Crippen LogP contribution in [0.1, 0.15) is 11.5 Å². The van der Waals surface area contributed by atoms with Crippen LogP contribution in [0.15, 0.2) is 70.3 Å². The van der Waals surface area contributed by atoms with Gasteiger partial charge in [-0.05, 0) is 76.2 Å². The van der Waals surface area contributed by atoms with Crippen molar-refractivity contribution < 1.29 is 13.9 Å². The molecule has 1 heterocycles. The summed E-state index contributed by atoms with van der Waals surface area (Å²) in [6, 6.07) is 19.8. The Morgan fingerprint density at radius 3 is 2.77 bits per heavy atom. The second kappa shape index (κ2) is 9.48. The van der Waals surface area contributed by atoms with Gasteiger partial charge in [0.2, 0.25) is 5.91 Å². The third kappa shape index (κ3) is 5.31. The molecule has 0 aliphatic rings. The fraction of sp³-hybridized carbons (Fsp3) is 0.136. The Kier molecular flexibility index (Phi) is 6.53. The normalized spacial score (nSPS) is 10.9. The van der Waals surface area contributed by atoms with Crippen LogP contribution in [0.4, 0.5) is 5.69 Å². The number of hydrogen-bond donors (Lipinski definition) is 1. The molecule has 0 radical (unpaired) electrons. The summed E-state index contributed by atoms with van der Waals surface area (Å²) in [5.74, 6) is 1.14. The highest BCUT2D eigenvalue weighted by atomic mass is 127. The number of thioether (sulfide) groups is 1. The minimum Gasteiger partial charge on any atom is -0.484 e. The van der Waals surface area contributed by atoms with Gasteiger partial charge in [0.1, 0.15) is 5.75 Å². The van der Waals surface area contributed by atoms with Gasteiger partial charge < -0.3 is 14.5 Å². The summed E-state index contributed by atoms with van der Waals surface area (Å²) < 4.78 is 12.4. The van der Waals surface area contributed by atoms with E-state index >= 15 is 0 Å². The quantitative estimate of drug-likeness (QED) is 0.253.